The first kappa shape index (κ1) is 8.74. The molecule has 2 aromatic rings. The van der Waals surface area contributed by atoms with Crippen LogP contribution in [0.2, 0.25) is 0 Å². The Hall–Kier alpha value is -1.84. The van der Waals surface area contributed by atoms with Gasteiger partial charge in [0.1, 0.15) is 12.8 Å². The van der Waals surface area contributed by atoms with Crippen molar-refractivity contribution in [1.82, 2.24) is 9.38 Å². The molecule has 2 heterocycles. The van der Waals surface area contributed by atoms with Crippen LogP contribution in [0.5, 0.6) is 0 Å². The van der Waals surface area contributed by atoms with Gasteiger partial charge < -0.3 is 4.84 Å². The lowest BCUT2D eigenvalue weighted by Crippen LogP contribution is -1.92. The Kier molecular flexibility index (Phi) is 2.18. The second kappa shape index (κ2) is 3.49. The molecule has 0 aliphatic heterocycles. The van der Waals surface area contributed by atoms with E-state index < -0.39 is 0 Å². The van der Waals surface area contributed by atoms with Gasteiger partial charge in [-0.3, -0.25) is 4.40 Å². The van der Waals surface area contributed by atoms with Crippen LogP contribution in [-0.2, 0) is 4.84 Å². The van der Waals surface area contributed by atoms with Gasteiger partial charge in [-0.15, -0.1) is 0 Å². The van der Waals surface area contributed by atoms with Gasteiger partial charge in [0, 0.05) is 6.20 Å². The molecule has 14 heavy (non-hydrogen) atoms. The lowest BCUT2D eigenvalue weighted by atomic mass is 10.4. The Bertz CT molecular complexity index is 473. The summed E-state index contributed by atoms with van der Waals surface area (Å²) in [5.41, 5.74) is 2.81. The van der Waals surface area contributed by atoms with Crippen LogP contribution in [0.4, 0.5) is 0 Å². The molecule has 0 aliphatic rings. The maximum atomic E-state index is 4.65. The number of nitrogens with zero attached hydrogens (tertiary/aromatic N) is 3. The second-order valence-electron chi connectivity index (χ2n) is 2.93. The van der Waals surface area contributed by atoms with Crippen LogP contribution in [0.3, 0.4) is 0 Å². The van der Waals surface area contributed by atoms with Gasteiger partial charge in [0.15, 0.2) is 0 Å². The van der Waals surface area contributed by atoms with Crippen molar-refractivity contribution in [2.45, 2.75) is 6.92 Å². The van der Waals surface area contributed by atoms with Crippen molar-refractivity contribution in [2.75, 3.05) is 7.11 Å². The van der Waals surface area contributed by atoms with E-state index in [0.717, 1.165) is 17.0 Å². The van der Waals surface area contributed by atoms with Crippen LogP contribution >= 0.6 is 0 Å². The molecule has 0 aliphatic carbocycles. The zero-order valence-corrected chi connectivity index (χ0v) is 8.14. The summed E-state index contributed by atoms with van der Waals surface area (Å²) in [5.74, 6) is 0. The summed E-state index contributed by atoms with van der Waals surface area (Å²) in [5, 5.41) is 3.74. The van der Waals surface area contributed by atoms with E-state index in [1.165, 1.54) is 7.11 Å². The summed E-state index contributed by atoms with van der Waals surface area (Å²) in [6.07, 6.45) is 3.61. The monoisotopic (exact) mass is 189 g/mol. The zero-order chi connectivity index (χ0) is 9.97. The van der Waals surface area contributed by atoms with E-state index in [2.05, 4.69) is 15.0 Å². The van der Waals surface area contributed by atoms with Gasteiger partial charge in [-0.1, -0.05) is 11.2 Å². The molecule has 4 nitrogen and oxygen atoms in total. The molecule has 0 unspecified atom stereocenters. The van der Waals surface area contributed by atoms with Crippen LogP contribution in [0.25, 0.3) is 5.65 Å². The summed E-state index contributed by atoms with van der Waals surface area (Å²) < 4.78 is 1.97. The highest BCUT2D eigenvalue weighted by molar-refractivity contribution is 5.80. The summed E-state index contributed by atoms with van der Waals surface area (Å²) in [7, 11) is 1.52. The van der Waals surface area contributed by atoms with E-state index in [1.807, 2.05) is 35.7 Å². The fourth-order valence-electron chi connectivity index (χ4n) is 1.39. The number of aromatic nitrogens is 2. The molecule has 2 rings (SSSR count). The van der Waals surface area contributed by atoms with Crippen LogP contribution < -0.4 is 0 Å². The van der Waals surface area contributed by atoms with Crippen molar-refractivity contribution >= 4 is 11.9 Å². The fraction of sp³-hybridized carbons (Fsp3) is 0.200. The standard InChI is InChI=1S/C10H11N3O/c1-8-9(7-11-14-2)13-6-4-3-5-10(13)12-8/h3-7H,1-2H3/b11-7+. The van der Waals surface area contributed by atoms with Gasteiger partial charge in [0.2, 0.25) is 0 Å². The predicted octanol–water partition coefficient (Wildman–Crippen LogP) is 1.62. The Balaban J connectivity index is 2.62. The molecule has 72 valence electrons. The largest absolute Gasteiger partial charge is 0.399 e. The molecular weight excluding hydrogens is 178 g/mol. The number of imidazole rings is 1. The van der Waals surface area contributed by atoms with Crippen LogP contribution in [0.1, 0.15) is 11.4 Å². The van der Waals surface area contributed by atoms with Crippen molar-refractivity contribution in [3.05, 3.63) is 35.8 Å². The highest BCUT2D eigenvalue weighted by atomic mass is 16.6. The molecule has 0 atom stereocenters. The Morgan fingerprint density at radius 1 is 1.50 bits per heavy atom. The SMILES string of the molecule is CO/N=C/c1c(C)nc2ccccn12. The minimum absolute atomic E-state index is 0.919. The predicted molar refractivity (Wildman–Crippen MR) is 54.5 cm³/mol. The number of hydrogen-bond donors (Lipinski definition) is 0. The van der Waals surface area contributed by atoms with Crippen molar-refractivity contribution in [2.24, 2.45) is 5.16 Å². The zero-order valence-electron chi connectivity index (χ0n) is 8.14. The van der Waals surface area contributed by atoms with E-state index in [1.54, 1.807) is 6.21 Å². The molecule has 0 aromatic carbocycles. The molecule has 0 fully saturated rings. The smallest absolute Gasteiger partial charge is 0.137 e. The van der Waals surface area contributed by atoms with Gasteiger partial charge in [-0.05, 0) is 19.1 Å². The first-order valence-corrected chi connectivity index (χ1v) is 4.33. The molecule has 4 heteroatoms. The molecule has 0 radical (unpaired) electrons. The maximum absolute atomic E-state index is 4.65. The number of hydrogen-bond acceptors (Lipinski definition) is 3. The van der Waals surface area contributed by atoms with E-state index >= 15 is 0 Å². The number of fused-ring (bicyclic) bond motifs is 1. The first-order valence-electron chi connectivity index (χ1n) is 4.33. The molecule has 0 saturated heterocycles. The highest BCUT2D eigenvalue weighted by Gasteiger charge is 2.04. The van der Waals surface area contributed by atoms with Gasteiger partial charge in [0.25, 0.3) is 0 Å². The van der Waals surface area contributed by atoms with E-state index in [4.69, 9.17) is 0 Å². The highest BCUT2D eigenvalue weighted by Crippen LogP contribution is 2.09. The van der Waals surface area contributed by atoms with E-state index in [0.29, 0.717) is 0 Å². The molecule has 0 amide bonds. The van der Waals surface area contributed by atoms with Gasteiger partial charge in [-0.2, -0.15) is 0 Å². The average Bonchev–Trinajstić information content (AvgIpc) is 2.51. The minimum atomic E-state index is 0.919. The molecule has 0 N–H and O–H groups in total. The van der Waals surface area contributed by atoms with Gasteiger partial charge in [0.05, 0.1) is 17.6 Å². The second-order valence-corrected chi connectivity index (χ2v) is 2.93. The minimum Gasteiger partial charge on any atom is -0.399 e. The summed E-state index contributed by atoms with van der Waals surface area (Å²) in [6, 6.07) is 5.87. The van der Waals surface area contributed by atoms with Gasteiger partial charge in [-0.25, -0.2) is 4.98 Å². The van der Waals surface area contributed by atoms with Gasteiger partial charge >= 0.3 is 0 Å². The third-order valence-electron chi connectivity index (χ3n) is 2.03. The van der Waals surface area contributed by atoms with Crippen molar-refractivity contribution in [3.8, 4) is 0 Å². The summed E-state index contributed by atoms with van der Waals surface area (Å²) in [6.45, 7) is 1.95. The Labute approximate surface area is 81.8 Å². The van der Waals surface area contributed by atoms with E-state index in [-0.39, 0.29) is 0 Å². The first-order chi connectivity index (χ1) is 6.83. The summed E-state index contributed by atoms with van der Waals surface area (Å²) >= 11 is 0. The van der Waals surface area contributed by atoms with Crippen LogP contribution in [0, 0.1) is 6.92 Å². The molecule has 0 saturated carbocycles. The molecule has 2 aromatic heterocycles. The number of rotatable bonds is 2. The number of pyridine rings is 1. The van der Waals surface area contributed by atoms with Crippen LogP contribution in [-0.4, -0.2) is 22.7 Å². The van der Waals surface area contributed by atoms with E-state index in [9.17, 15) is 0 Å². The van der Waals surface area contributed by atoms with Crippen molar-refractivity contribution < 1.29 is 4.84 Å². The van der Waals surface area contributed by atoms with Crippen molar-refractivity contribution in [1.29, 1.82) is 0 Å². The third-order valence-corrected chi connectivity index (χ3v) is 2.03. The van der Waals surface area contributed by atoms with Crippen LogP contribution in [0.15, 0.2) is 29.6 Å². The molecule has 0 spiro atoms. The Morgan fingerprint density at radius 3 is 3.14 bits per heavy atom. The van der Waals surface area contributed by atoms with Crippen molar-refractivity contribution in [3.63, 3.8) is 0 Å². The molecule has 0 bridgehead atoms. The number of aryl methyl sites for hydroxylation is 1. The fourth-order valence-corrected chi connectivity index (χ4v) is 1.39. The number of oxime groups is 1. The average molecular weight is 189 g/mol. The topological polar surface area (TPSA) is 38.9 Å². The normalized spacial score (nSPS) is 11.3. The molecular formula is C10H11N3O. The third kappa shape index (κ3) is 1.35. The quantitative estimate of drug-likeness (QED) is 0.532. The lowest BCUT2D eigenvalue weighted by molar-refractivity contribution is 0.215. The lowest BCUT2D eigenvalue weighted by Gasteiger charge is -1.94. The maximum Gasteiger partial charge on any atom is 0.137 e. The summed E-state index contributed by atoms with van der Waals surface area (Å²) in [4.78, 5) is 9.03. The Morgan fingerprint density at radius 2 is 2.36 bits per heavy atom.